The molecule has 2 aromatic rings. The van der Waals surface area contributed by atoms with Crippen molar-refractivity contribution in [1.82, 2.24) is 5.27 Å². The minimum atomic E-state index is -0.252. The Balaban J connectivity index is 1.94. The van der Waals surface area contributed by atoms with Crippen LogP contribution in [0, 0.1) is 6.92 Å². The molecule has 7 heteroatoms. The lowest BCUT2D eigenvalue weighted by molar-refractivity contribution is -0.753. The number of aromatic nitrogens is 2. The molecule has 0 amide bonds. The van der Waals surface area contributed by atoms with Crippen molar-refractivity contribution in [2.24, 2.45) is 4.99 Å². The Hall–Kier alpha value is -2.02. The fraction of sp³-hybridized carbons (Fsp3) is 0.308. The predicted molar refractivity (Wildman–Crippen MR) is 75.8 cm³/mol. The van der Waals surface area contributed by atoms with Crippen molar-refractivity contribution in [2.75, 3.05) is 24.9 Å². The monoisotopic (exact) mass is 292 g/mol. The smallest absolute Gasteiger partial charge is 0.324 e. The largest absolute Gasteiger partial charge is 0.861 e. The molecule has 0 aliphatic rings. The van der Waals surface area contributed by atoms with E-state index < -0.39 is 0 Å². The van der Waals surface area contributed by atoms with Crippen LogP contribution in [0.2, 0.25) is 0 Å². The first kappa shape index (κ1) is 14.4. The molecule has 6 nitrogen and oxygen atoms in total. The minimum Gasteiger partial charge on any atom is -0.861 e. The molecule has 0 N–H and O–H groups in total. The van der Waals surface area contributed by atoms with E-state index in [2.05, 4.69) is 10.3 Å². The molecule has 0 fully saturated rings. The first-order chi connectivity index (χ1) is 9.54. The van der Waals surface area contributed by atoms with E-state index in [0.29, 0.717) is 0 Å². The summed E-state index contributed by atoms with van der Waals surface area (Å²) in [5.74, 6) is 0.219. The number of rotatable bonds is 5. The summed E-state index contributed by atoms with van der Waals surface area (Å²) in [4.78, 5) is 6.36. The molecule has 106 valence electrons. The third kappa shape index (κ3) is 3.99. The molecule has 0 saturated carbocycles. The molecule has 0 atom stereocenters. The normalized spacial score (nSPS) is 11.7. The molecule has 0 aliphatic carbocycles. The van der Waals surface area contributed by atoms with E-state index in [1.165, 1.54) is 22.1 Å². The standard InChI is InChI=1S/C13H16N4O2S/c1-10-4-6-11(7-5-10)20-9-12(18)14-13-8-17(15-19-13)16(2)3/h4-8H,9H2,1-3H3. The summed E-state index contributed by atoms with van der Waals surface area (Å²) in [5.41, 5.74) is 1.19. The van der Waals surface area contributed by atoms with Gasteiger partial charge in [0.2, 0.25) is 5.27 Å². The number of hydrogen-bond donors (Lipinski definition) is 0. The summed E-state index contributed by atoms with van der Waals surface area (Å²) >= 11 is 1.45. The molecule has 0 aliphatic heterocycles. The van der Waals surface area contributed by atoms with Crippen molar-refractivity contribution in [2.45, 2.75) is 11.8 Å². The predicted octanol–water partition coefficient (Wildman–Crippen LogP) is 0.651. The van der Waals surface area contributed by atoms with Gasteiger partial charge in [-0.25, -0.2) is 4.99 Å². The van der Waals surface area contributed by atoms with Crippen LogP contribution in [0.4, 0.5) is 5.88 Å². The Labute approximate surface area is 121 Å². The van der Waals surface area contributed by atoms with Gasteiger partial charge in [-0.3, -0.25) is 4.52 Å². The number of thioether (sulfide) groups is 1. The van der Waals surface area contributed by atoms with Gasteiger partial charge >= 0.3 is 5.88 Å². The van der Waals surface area contributed by atoms with Crippen LogP contribution < -0.4 is 14.9 Å². The van der Waals surface area contributed by atoms with E-state index in [0.717, 1.165) is 4.90 Å². The van der Waals surface area contributed by atoms with Crippen LogP contribution in [0.15, 0.2) is 44.9 Å². The lowest BCUT2D eigenvalue weighted by Crippen LogP contribution is -2.53. The maximum Gasteiger partial charge on any atom is 0.324 e. The fourth-order valence-electron chi connectivity index (χ4n) is 1.40. The van der Waals surface area contributed by atoms with Gasteiger partial charge in [0, 0.05) is 10.6 Å². The molecule has 20 heavy (non-hydrogen) atoms. The van der Waals surface area contributed by atoms with E-state index in [4.69, 9.17) is 4.52 Å². The first-order valence-electron chi connectivity index (χ1n) is 6.05. The Morgan fingerprint density at radius 1 is 1.40 bits per heavy atom. The molecular weight excluding hydrogens is 276 g/mol. The zero-order valence-electron chi connectivity index (χ0n) is 11.6. The average molecular weight is 292 g/mol. The Morgan fingerprint density at radius 3 is 2.70 bits per heavy atom. The summed E-state index contributed by atoms with van der Waals surface area (Å²) in [7, 11) is 3.61. The van der Waals surface area contributed by atoms with Gasteiger partial charge in [-0.1, -0.05) is 17.7 Å². The van der Waals surface area contributed by atoms with Crippen molar-refractivity contribution >= 4 is 23.5 Å². The van der Waals surface area contributed by atoms with Gasteiger partial charge in [-0.2, -0.15) is 5.01 Å². The number of hydrogen-bond acceptors (Lipinski definition) is 6. The van der Waals surface area contributed by atoms with Gasteiger partial charge in [0.05, 0.1) is 18.9 Å². The highest BCUT2D eigenvalue weighted by molar-refractivity contribution is 8.00. The Kier molecular flexibility index (Phi) is 4.62. The maximum atomic E-state index is 11.7. The highest BCUT2D eigenvalue weighted by Gasteiger charge is 2.12. The number of nitrogens with zero attached hydrogens (tertiary/aromatic N) is 4. The molecule has 1 aromatic heterocycles. The van der Waals surface area contributed by atoms with Crippen LogP contribution in [-0.4, -0.2) is 31.0 Å². The SMILES string of the molecule is Cc1ccc(SC/C([O-])=N\c2c[n+](N(C)C)no2)cc1. The van der Waals surface area contributed by atoms with Crippen LogP contribution in [0.5, 0.6) is 0 Å². The molecule has 0 radical (unpaired) electrons. The quantitative estimate of drug-likeness (QED) is 0.350. The third-order valence-electron chi connectivity index (χ3n) is 2.47. The fourth-order valence-corrected chi connectivity index (χ4v) is 2.09. The van der Waals surface area contributed by atoms with Crippen LogP contribution in [0.1, 0.15) is 5.56 Å². The molecule has 2 rings (SSSR count). The van der Waals surface area contributed by atoms with E-state index in [-0.39, 0.29) is 17.5 Å². The van der Waals surface area contributed by atoms with Gasteiger partial charge in [0.25, 0.3) is 6.20 Å². The Bertz CT molecular complexity index is 593. The number of aliphatic imine (C=N–C) groups is 1. The average Bonchev–Trinajstić information content (AvgIpc) is 2.87. The van der Waals surface area contributed by atoms with Gasteiger partial charge in [-0.05, 0) is 25.0 Å². The van der Waals surface area contributed by atoms with E-state index in [9.17, 15) is 5.11 Å². The maximum absolute atomic E-state index is 11.7. The molecule has 1 heterocycles. The van der Waals surface area contributed by atoms with Crippen LogP contribution >= 0.6 is 11.8 Å². The molecule has 1 aromatic carbocycles. The topological polar surface area (TPSA) is 68.6 Å². The number of aryl methyl sites for hydroxylation is 1. The molecular formula is C13H16N4O2S. The second-order valence-electron chi connectivity index (χ2n) is 4.42. The van der Waals surface area contributed by atoms with E-state index in [1.54, 1.807) is 25.3 Å². The van der Waals surface area contributed by atoms with Crippen molar-refractivity contribution in [1.29, 1.82) is 0 Å². The first-order valence-corrected chi connectivity index (χ1v) is 7.03. The second kappa shape index (κ2) is 6.42. The van der Waals surface area contributed by atoms with Crippen LogP contribution in [0.3, 0.4) is 0 Å². The second-order valence-corrected chi connectivity index (χ2v) is 5.46. The van der Waals surface area contributed by atoms with E-state index in [1.807, 2.05) is 31.2 Å². The van der Waals surface area contributed by atoms with E-state index >= 15 is 0 Å². The minimum absolute atomic E-state index is 0.202. The van der Waals surface area contributed by atoms with Crippen molar-refractivity contribution in [3.63, 3.8) is 0 Å². The summed E-state index contributed by atoms with van der Waals surface area (Å²) < 4.78 is 4.94. The molecule has 0 spiro atoms. The summed E-state index contributed by atoms with van der Waals surface area (Å²) in [6, 6.07) is 8.00. The zero-order chi connectivity index (χ0) is 14.5. The van der Waals surface area contributed by atoms with Gasteiger partial charge < -0.3 is 5.11 Å². The van der Waals surface area contributed by atoms with Gasteiger partial charge in [0.1, 0.15) is 0 Å². The van der Waals surface area contributed by atoms with Crippen molar-refractivity contribution in [3.05, 3.63) is 36.0 Å². The highest BCUT2D eigenvalue weighted by atomic mass is 32.2. The Morgan fingerprint density at radius 2 is 2.10 bits per heavy atom. The number of benzene rings is 1. The third-order valence-corrected chi connectivity index (χ3v) is 3.47. The van der Waals surface area contributed by atoms with Crippen LogP contribution in [0.25, 0.3) is 0 Å². The zero-order valence-corrected chi connectivity index (χ0v) is 12.4. The highest BCUT2D eigenvalue weighted by Crippen LogP contribution is 2.18. The molecule has 0 bridgehead atoms. The van der Waals surface area contributed by atoms with Crippen LogP contribution in [-0.2, 0) is 0 Å². The molecule has 0 unspecified atom stereocenters. The molecule has 0 saturated heterocycles. The van der Waals surface area contributed by atoms with Crippen molar-refractivity contribution < 1.29 is 14.4 Å². The van der Waals surface area contributed by atoms with Gasteiger partial charge in [-0.15, -0.1) is 11.8 Å². The summed E-state index contributed by atoms with van der Waals surface area (Å²) in [6.07, 6.45) is 1.55. The lowest BCUT2D eigenvalue weighted by atomic mass is 10.2. The van der Waals surface area contributed by atoms with Crippen molar-refractivity contribution in [3.8, 4) is 0 Å². The summed E-state index contributed by atoms with van der Waals surface area (Å²) in [6.45, 7) is 2.03. The summed E-state index contributed by atoms with van der Waals surface area (Å²) in [5, 5.41) is 17.1. The van der Waals surface area contributed by atoms with Gasteiger partial charge in [0.15, 0.2) is 0 Å². The lowest BCUT2D eigenvalue weighted by Gasteiger charge is -2.08.